The Morgan fingerprint density at radius 2 is 1.87 bits per heavy atom. The molecule has 8 nitrogen and oxygen atoms in total. The van der Waals surface area contributed by atoms with Gasteiger partial charge in [-0.05, 0) is 50.5 Å². The molecular formula is C19H24BrN3O5S2. The van der Waals surface area contributed by atoms with Crippen molar-refractivity contribution < 1.29 is 22.7 Å². The summed E-state index contributed by atoms with van der Waals surface area (Å²) in [5.74, 6) is -1.00. The SMILES string of the molecule is CCOC(=O)c1sc(NC(=O)C(CC(C)C)NS(=O)(=O)c2ccc(Br)cc2)nc1C. The van der Waals surface area contributed by atoms with Gasteiger partial charge < -0.3 is 10.1 Å². The van der Waals surface area contributed by atoms with Crippen molar-refractivity contribution in [2.75, 3.05) is 11.9 Å². The molecule has 0 bridgehead atoms. The maximum Gasteiger partial charge on any atom is 0.350 e. The number of esters is 1. The molecule has 1 amide bonds. The fourth-order valence-corrected chi connectivity index (χ4v) is 4.91. The number of nitrogens with zero attached hydrogens (tertiary/aromatic N) is 1. The van der Waals surface area contributed by atoms with Crippen LogP contribution in [0.15, 0.2) is 33.6 Å². The van der Waals surface area contributed by atoms with Gasteiger partial charge in [0, 0.05) is 4.47 Å². The first kappa shape index (κ1) is 24.4. The third-order valence-electron chi connectivity index (χ3n) is 3.93. The highest BCUT2D eigenvalue weighted by molar-refractivity contribution is 9.10. The number of aryl methyl sites for hydroxylation is 1. The van der Waals surface area contributed by atoms with E-state index in [1.54, 1.807) is 26.0 Å². The Morgan fingerprint density at radius 3 is 2.43 bits per heavy atom. The summed E-state index contributed by atoms with van der Waals surface area (Å²) in [6.07, 6.45) is 0.288. The number of carbonyl (C=O) groups is 2. The second kappa shape index (κ2) is 10.5. The fraction of sp³-hybridized carbons (Fsp3) is 0.421. The number of anilines is 1. The average molecular weight is 518 g/mol. The minimum atomic E-state index is -3.91. The molecule has 1 heterocycles. The van der Waals surface area contributed by atoms with E-state index >= 15 is 0 Å². The summed E-state index contributed by atoms with van der Waals surface area (Å²) in [6.45, 7) is 7.35. The number of amides is 1. The van der Waals surface area contributed by atoms with E-state index in [0.29, 0.717) is 10.6 Å². The highest BCUT2D eigenvalue weighted by Crippen LogP contribution is 2.24. The molecule has 1 atom stereocenters. The highest BCUT2D eigenvalue weighted by atomic mass is 79.9. The predicted octanol–water partition coefficient (Wildman–Crippen LogP) is 3.72. The number of hydrogen-bond donors (Lipinski definition) is 2. The number of carbonyl (C=O) groups excluding carboxylic acids is 2. The molecule has 0 aliphatic heterocycles. The summed E-state index contributed by atoms with van der Waals surface area (Å²) < 4.78 is 33.7. The van der Waals surface area contributed by atoms with Crippen LogP contribution in [0.4, 0.5) is 5.13 Å². The molecular weight excluding hydrogens is 494 g/mol. The zero-order chi connectivity index (χ0) is 22.5. The van der Waals surface area contributed by atoms with E-state index in [4.69, 9.17) is 4.74 Å². The van der Waals surface area contributed by atoms with Crippen LogP contribution in [-0.4, -0.2) is 37.9 Å². The largest absolute Gasteiger partial charge is 0.462 e. The van der Waals surface area contributed by atoms with Gasteiger partial charge in [-0.1, -0.05) is 41.1 Å². The lowest BCUT2D eigenvalue weighted by Gasteiger charge is -2.19. The first-order chi connectivity index (χ1) is 14.0. The van der Waals surface area contributed by atoms with Crippen LogP contribution >= 0.6 is 27.3 Å². The lowest BCUT2D eigenvalue weighted by molar-refractivity contribution is -0.118. The minimum Gasteiger partial charge on any atom is -0.462 e. The number of aromatic nitrogens is 1. The molecule has 1 aromatic heterocycles. The van der Waals surface area contributed by atoms with Crippen LogP contribution in [0.3, 0.4) is 0 Å². The molecule has 2 aromatic rings. The van der Waals surface area contributed by atoms with Crippen LogP contribution in [0.1, 0.15) is 42.6 Å². The van der Waals surface area contributed by atoms with Gasteiger partial charge in [-0.2, -0.15) is 4.72 Å². The Labute approximate surface area is 188 Å². The summed E-state index contributed by atoms with van der Waals surface area (Å²) in [7, 11) is -3.91. The number of sulfonamides is 1. The Kier molecular flexibility index (Phi) is 8.53. The van der Waals surface area contributed by atoms with Crippen molar-refractivity contribution in [3.8, 4) is 0 Å². The molecule has 1 unspecified atom stereocenters. The van der Waals surface area contributed by atoms with E-state index in [-0.39, 0.29) is 29.0 Å². The van der Waals surface area contributed by atoms with Crippen LogP contribution in [0, 0.1) is 12.8 Å². The molecule has 2 rings (SSSR count). The van der Waals surface area contributed by atoms with E-state index in [9.17, 15) is 18.0 Å². The van der Waals surface area contributed by atoms with Crippen molar-refractivity contribution in [2.45, 2.75) is 45.1 Å². The van der Waals surface area contributed by atoms with Crippen LogP contribution < -0.4 is 10.0 Å². The van der Waals surface area contributed by atoms with Crippen molar-refractivity contribution in [3.05, 3.63) is 39.3 Å². The van der Waals surface area contributed by atoms with Gasteiger partial charge in [-0.3, -0.25) is 4.79 Å². The average Bonchev–Trinajstić information content (AvgIpc) is 3.01. The van der Waals surface area contributed by atoms with E-state index in [0.717, 1.165) is 15.8 Å². The fourth-order valence-electron chi connectivity index (χ4n) is 2.58. The first-order valence-electron chi connectivity index (χ1n) is 9.26. The van der Waals surface area contributed by atoms with Crippen molar-refractivity contribution in [1.29, 1.82) is 0 Å². The molecule has 0 aliphatic carbocycles. The van der Waals surface area contributed by atoms with E-state index in [1.807, 2.05) is 13.8 Å². The maximum atomic E-state index is 12.8. The number of benzene rings is 1. The van der Waals surface area contributed by atoms with Crippen molar-refractivity contribution in [3.63, 3.8) is 0 Å². The van der Waals surface area contributed by atoms with Gasteiger partial charge in [-0.15, -0.1) is 0 Å². The van der Waals surface area contributed by atoms with Gasteiger partial charge in [0.15, 0.2) is 5.13 Å². The monoisotopic (exact) mass is 517 g/mol. The van der Waals surface area contributed by atoms with E-state index in [1.165, 1.54) is 12.1 Å². The molecule has 0 radical (unpaired) electrons. The molecule has 2 N–H and O–H groups in total. The Bertz CT molecular complexity index is 1000. The molecule has 0 spiro atoms. The summed E-state index contributed by atoms with van der Waals surface area (Å²) in [5.41, 5.74) is 0.435. The zero-order valence-corrected chi connectivity index (χ0v) is 20.3. The number of rotatable bonds is 9. The molecule has 30 heavy (non-hydrogen) atoms. The lowest BCUT2D eigenvalue weighted by atomic mass is 10.0. The Hall–Kier alpha value is -1.82. The van der Waals surface area contributed by atoms with Gasteiger partial charge in [0.05, 0.1) is 17.2 Å². The van der Waals surface area contributed by atoms with E-state index in [2.05, 4.69) is 31.0 Å². The lowest BCUT2D eigenvalue weighted by Crippen LogP contribution is -2.44. The molecule has 0 aliphatic rings. The Balaban J connectivity index is 2.20. The number of nitrogens with one attached hydrogen (secondary N) is 2. The molecule has 11 heteroatoms. The number of thiazole rings is 1. The minimum absolute atomic E-state index is 0.0569. The maximum absolute atomic E-state index is 12.8. The summed E-state index contributed by atoms with van der Waals surface area (Å²) in [4.78, 5) is 29.3. The van der Waals surface area contributed by atoms with E-state index < -0.39 is 27.9 Å². The van der Waals surface area contributed by atoms with Gasteiger partial charge in [0.2, 0.25) is 15.9 Å². The third-order valence-corrected chi connectivity index (χ3v) is 7.00. The normalized spacial score (nSPS) is 12.6. The van der Waals surface area contributed by atoms with Gasteiger partial charge >= 0.3 is 5.97 Å². The second-order valence-electron chi connectivity index (χ2n) is 6.90. The van der Waals surface area contributed by atoms with Crippen molar-refractivity contribution in [1.82, 2.24) is 9.71 Å². The summed E-state index contributed by atoms with van der Waals surface area (Å²) >= 11 is 4.25. The first-order valence-corrected chi connectivity index (χ1v) is 12.4. The molecule has 0 fully saturated rings. The zero-order valence-electron chi connectivity index (χ0n) is 17.1. The van der Waals surface area contributed by atoms with Gasteiger partial charge in [0.1, 0.15) is 10.9 Å². The number of halogens is 1. The highest BCUT2D eigenvalue weighted by Gasteiger charge is 2.28. The summed E-state index contributed by atoms with van der Waals surface area (Å²) in [5, 5.41) is 2.82. The quantitative estimate of drug-likeness (QED) is 0.489. The molecule has 0 saturated carbocycles. The van der Waals surface area contributed by atoms with Crippen LogP contribution in [0.5, 0.6) is 0 Å². The predicted molar refractivity (Wildman–Crippen MR) is 119 cm³/mol. The van der Waals surface area contributed by atoms with Crippen LogP contribution in [-0.2, 0) is 19.6 Å². The summed E-state index contributed by atoms with van der Waals surface area (Å²) in [6, 6.07) is 5.12. The van der Waals surface area contributed by atoms with Gasteiger partial charge in [-0.25, -0.2) is 18.2 Å². The standard InChI is InChI=1S/C19H24BrN3O5S2/c1-5-28-18(25)16-12(4)21-19(29-16)22-17(24)15(10-11(2)3)23-30(26,27)14-8-6-13(20)7-9-14/h6-9,11,15,23H,5,10H2,1-4H3,(H,21,22,24). The van der Waals surface area contributed by atoms with Gasteiger partial charge in [0.25, 0.3) is 0 Å². The smallest absolute Gasteiger partial charge is 0.350 e. The van der Waals surface area contributed by atoms with Crippen LogP contribution in [0.2, 0.25) is 0 Å². The second-order valence-corrected chi connectivity index (χ2v) is 10.5. The van der Waals surface area contributed by atoms with Crippen molar-refractivity contribution in [2.24, 2.45) is 5.92 Å². The Morgan fingerprint density at radius 1 is 1.23 bits per heavy atom. The van der Waals surface area contributed by atoms with Crippen molar-refractivity contribution >= 4 is 54.3 Å². The molecule has 164 valence electrons. The number of ether oxygens (including phenoxy) is 1. The topological polar surface area (TPSA) is 114 Å². The van der Waals surface area contributed by atoms with Crippen LogP contribution in [0.25, 0.3) is 0 Å². The third kappa shape index (κ3) is 6.59. The molecule has 1 aromatic carbocycles. The molecule has 0 saturated heterocycles. The number of hydrogen-bond acceptors (Lipinski definition) is 7.